The summed E-state index contributed by atoms with van der Waals surface area (Å²) in [5.41, 5.74) is 0.746. The van der Waals surface area contributed by atoms with E-state index in [0.29, 0.717) is 12.5 Å². The maximum Gasteiger partial charge on any atom is 0.238 e. The lowest BCUT2D eigenvalue weighted by molar-refractivity contribution is -0.115. The van der Waals surface area contributed by atoms with Crippen molar-refractivity contribution in [3.8, 4) is 5.75 Å². The molecular formula is C14H20N2O3. The summed E-state index contributed by atoms with van der Waals surface area (Å²) in [5, 5.41) is 5.98. The number of nitrogens with one attached hydrogen (secondary N) is 2. The lowest BCUT2D eigenvalue weighted by Gasteiger charge is -2.10. The largest absolute Gasteiger partial charge is 0.497 e. The second-order valence-corrected chi connectivity index (χ2v) is 4.64. The summed E-state index contributed by atoms with van der Waals surface area (Å²) < 4.78 is 10.4. The van der Waals surface area contributed by atoms with Crippen LogP contribution in [0.3, 0.4) is 0 Å². The number of anilines is 1. The standard InChI is InChI=1S/C14H20N2O3/c1-18-13-4-2-3-12(7-13)16-14(17)9-15-8-11-5-6-19-10-11/h2-4,7,11,15H,5-6,8-10H2,1H3,(H,16,17). The van der Waals surface area contributed by atoms with E-state index in [1.54, 1.807) is 13.2 Å². The fourth-order valence-electron chi connectivity index (χ4n) is 2.04. The molecule has 1 aromatic carbocycles. The van der Waals surface area contributed by atoms with Crippen LogP contribution < -0.4 is 15.4 Å². The average molecular weight is 264 g/mol. The molecule has 1 amide bonds. The molecule has 0 radical (unpaired) electrons. The highest BCUT2D eigenvalue weighted by molar-refractivity contribution is 5.92. The zero-order chi connectivity index (χ0) is 13.5. The fourth-order valence-corrected chi connectivity index (χ4v) is 2.04. The number of methoxy groups -OCH3 is 1. The van der Waals surface area contributed by atoms with Crippen molar-refractivity contribution in [2.75, 3.05) is 38.7 Å². The van der Waals surface area contributed by atoms with Gasteiger partial charge in [0.15, 0.2) is 0 Å². The Hall–Kier alpha value is -1.59. The first-order chi connectivity index (χ1) is 9.28. The minimum Gasteiger partial charge on any atom is -0.497 e. The quantitative estimate of drug-likeness (QED) is 0.812. The van der Waals surface area contributed by atoms with Crippen LogP contribution in [0.5, 0.6) is 5.75 Å². The molecule has 0 saturated carbocycles. The minimum atomic E-state index is -0.0489. The minimum absolute atomic E-state index is 0.0489. The van der Waals surface area contributed by atoms with Gasteiger partial charge in [-0.3, -0.25) is 4.79 Å². The van der Waals surface area contributed by atoms with Crippen molar-refractivity contribution in [3.63, 3.8) is 0 Å². The molecule has 1 fully saturated rings. The number of carbonyl (C=O) groups is 1. The summed E-state index contributed by atoms with van der Waals surface area (Å²) in [6.45, 7) is 2.77. The van der Waals surface area contributed by atoms with Crippen molar-refractivity contribution in [1.29, 1.82) is 0 Å². The van der Waals surface area contributed by atoms with Crippen LogP contribution in [-0.4, -0.2) is 39.3 Å². The second-order valence-electron chi connectivity index (χ2n) is 4.64. The van der Waals surface area contributed by atoms with Crippen LogP contribution >= 0.6 is 0 Å². The molecule has 104 valence electrons. The van der Waals surface area contributed by atoms with Crippen LogP contribution in [-0.2, 0) is 9.53 Å². The van der Waals surface area contributed by atoms with E-state index >= 15 is 0 Å². The Labute approximate surface area is 113 Å². The van der Waals surface area contributed by atoms with Crippen LogP contribution in [0.4, 0.5) is 5.69 Å². The van der Waals surface area contributed by atoms with E-state index in [4.69, 9.17) is 9.47 Å². The molecule has 2 rings (SSSR count). The van der Waals surface area contributed by atoms with E-state index in [-0.39, 0.29) is 5.91 Å². The maximum absolute atomic E-state index is 11.7. The Balaban J connectivity index is 1.70. The predicted molar refractivity (Wildman–Crippen MR) is 73.4 cm³/mol. The van der Waals surface area contributed by atoms with E-state index < -0.39 is 0 Å². The molecule has 0 aliphatic carbocycles. The molecule has 0 spiro atoms. The molecule has 1 saturated heterocycles. The molecule has 2 N–H and O–H groups in total. The first kappa shape index (κ1) is 13.8. The average Bonchev–Trinajstić information content (AvgIpc) is 2.92. The van der Waals surface area contributed by atoms with Gasteiger partial charge in [0.2, 0.25) is 5.91 Å². The first-order valence-electron chi connectivity index (χ1n) is 6.50. The molecule has 19 heavy (non-hydrogen) atoms. The van der Waals surface area contributed by atoms with E-state index in [2.05, 4.69) is 10.6 Å². The molecule has 0 aromatic heterocycles. The van der Waals surface area contributed by atoms with Crippen molar-refractivity contribution in [1.82, 2.24) is 5.32 Å². The molecule has 5 heteroatoms. The van der Waals surface area contributed by atoms with Crippen molar-refractivity contribution in [2.24, 2.45) is 5.92 Å². The number of hydrogen-bond acceptors (Lipinski definition) is 4. The Kier molecular flexibility index (Phi) is 5.18. The molecule has 1 aromatic rings. The second kappa shape index (κ2) is 7.11. The first-order valence-corrected chi connectivity index (χ1v) is 6.50. The highest BCUT2D eigenvalue weighted by Gasteiger charge is 2.15. The summed E-state index contributed by atoms with van der Waals surface area (Å²) in [6, 6.07) is 7.32. The highest BCUT2D eigenvalue weighted by atomic mass is 16.5. The number of benzene rings is 1. The SMILES string of the molecule is COc1cccc(NC(=O)CNCC2CCOC2)c1. The van der Waals surface area contributed by atoms with Gasteiger partial charge in [0.1, 0.15) is 5.75 Å². The monoisotopic (exact) mass is 264 g/mol. The third-order valence-corrected chi connectivity index (χ3v) is 3.10. The van der Waals surface area contributed by atoms with E-state index in [0.717, 1.165) is 37.6 Å². The molecule has 0 bridgehead atoms. The smallest absolute Gasteiger partial charge is 0.238 e. The molecule has 1 heterocycles. The summed E-state index contributed by atoms with van der Waals surface area (Å²) in [6.07, 6.45) is 1.07. The number of amides is 1. The summed E-state index contributed by atoms with van der Waals surface area (Å²) in [5.74, 6) is 1.21. The van der Waals surface area contributed by atoms with Crippen molar-refractivity contribution < 1.29 is 14.3 Å². The van der Waals surface area contributed by atoms with Crippen LogP contribution in [0.1, 0.15) is 6.42 Å². The maximum atomic E-state index is 11.7. The zero-order valence-electron chi connectivity index (χ0n) is 11.1. The normalized spacial score (nSPS) is 18.3. The summed E-state index contributed by atoms with van der Waals surface area (Å²) in [4.78, 5) is 11.7. The van der Waals surface area contributed by atoms with Gasteiger partial charge in [-0.25, -0.2) is 0 Å². The summed E-state index contributed by atoms with van der Waals surface area (Å²) >= 11 is 0. The van der Waals surface area contributed by atoms with Crippen LogP contribution in [0.25, 0.3) is 0 Å². The Morgan fingerprint density at radius 1 is 1.53 bits per heavy atom. The van der Waals surface area contributed by atoms with Crippen molar-refractivity contribution in [3.05, 3.63) is 24.3 Å². The zero-order valence-corrected chi connectivity index (χ0v) is 11.1. The van der Waals surface area contributed by atoms with Gasteiger partial charge >= 0.3 is 0 Å². The molecule has 1 atom stereocenters. The summed E-state index contributed by atoms with van der Waals surface area (Å²) in [7, 11) is 1.60. The third-order valence-electron chi connectivity index (χ3n) is 3.10. The van der Waals surface area contributed by atoms with Gasteiger partial charge < -0.3 is 20.1 Å². The molecule has 1 aliphatic rings. The highest BCUT2D eigenvalue weighted by Crippen LogP contribution is 2.16. The van der Waals surface area contributed by atoms with Gasteiger partial charge in [0, 0.05) is 24.9 Å². The third kappa shape index (κ3) is 4.54. The van der Waals surface area contributed by atoms with Gasteiger partial charge in [-0.1, -0.05) is 6.07 Å². The van der Waals surface area contributed by atoms with Gasteiger partial charge in [0.25, 0.3) is 0 Å². The Morgan fingerprint density at radius 3 is 3.16 bits per heavy atom. The Morgan fingerprint density at radius 2 is 2.42 bits per heavy atom. The molecule has 1 unspecified atom stereocenters. The van der Waals surface area contributed by atoms with Gasteiger partial charge in [0.05, 0.1) is 20.3 Å². The van der Waals surface area contributed by atoms with E-state index in [9.17, 15) is 4.79 Å². The van der Waals surface area contributed by atoms with Gasteiger partial charge in [-0.05, 0) is 24.5 Å². The molecule has 1 aliphatic heterocycles. The van der Waals surface area contributed by atoms with Crippen LogP contribution in [0, 0.1) is 5.92 Å². The van der Waals surface area contributed by atoms with Crippen molar-refractivity contribution >= 4 is 11.6 Å². The van der Waals surface area contributed by atoms with Crippen molar-refractivity contribution in [2.45, 2.75) is 6.42 Å². The van der Waals surface area contributed by atoms with Gasteiger partial charge in [-0.15, -0.1) is 0 Å². The topological polar surface area (TPSA) is 59.6 Å². The number of hydrogen-bond donors (Lipinski definition) is 2. The van der Waals surface area contributed by atoms with Crippen LogP contribution in [0.15, 0.2) is 24.3 Å². The van der Waals surface area contributed by atoms with E-state index in [1.165, 1.54) is 0 Å². The number of carbonyl (C=O) groups excluding carboxylic acids is 1. The lowest BCUT2D eigenvalue weighted by atomic mass is 10.1. The number of rotatable bonds is 6. The van der Waals surface area contributed by atoms with Gasteiger partial charge in [-0.2, -0.15) is 0 Å². The molecule has 5 nitrogen and oxygen atoms in total. The lowest BCUT2D eigenvalue weighted by Crippen LogP contribution is -2.31. The van der Waals surface area contributed by atoms with Crippen LogP contribution in [0.2, 0.25) is 0 Å². The fraction of sp³-hybridized carbons (Fsp3) is 0.500. The predicted octanol–water partition coefficient (Wildman–Crippen LogP) is 1.26. The Bertz CT molecular complexity index is 417. The molecular weight excluding hydrogens is 244 g/mol. The van der Waals surface area contributed by atoms with E-state index in [1.807, 2.05) is 18.2 Å². The number of ether oxygens (including phenoxy) is 2.